The number of carbonyl (C=O) groups is 4. The van der Waals surface area contributed by atoms with Crippen LogP contribution in [0.3, 0.4) is 0 Å². The molecule has 0 saturated carbocycles. The van der Waals surface area contributed by atoms with Crippen LogP contribution < -0.4 is 5.73 Å². The first-order valence-electron chi connectivity index (χ1n) is 10.6. The topological polar surface area (TPSA) is 168 Å². The van der Waals surface area contributed by atoms with Crippen molar-refractivity contribution in [2.75, 3.05) is 65.4 Å². The van der Waals surface area contributed by atoms with Crippen LogP contribution in [0.2, 0.25) is 0 Å². The molecule has 0 aliphatic heterocycles. The Morgan fingerprint density at radius 2 is 1.12 bits per heavy atom. The summed E-state index contributed by atoms with van der Waals surface area (Å²) in [6.45, 7) is 1.77. The quantitative estimate of drug-likeness (QED) is 0.101. The molecule has 182 valence electrons. The number of carboxylic acids is 3. The maximum atomic E-state index is 12.2. The predicted octanol–water partition coefficient (Wildman–Crippen LogP) is -3.04. The summed E-state index contributed by atoms with van der Waals surface area (Å²) in [6, 6.07) is 0. The summed E-state index contributed by atoms with van der Waals surface area (Å²) in [5.74, 6) is -3.34. The van der Waals surface area contributed by atoms with Crippen LogP contribution in [0.25, 0.3) is 0 Å². The molecule has 0 saturated heterocycles. The Bertz CT molecular complexity index is 660. The molecular formula is C19H33B2N5O7. The minimum absolute atomic E-state index is 0.00299. The molecule has 0 rings (SSSR count). The van der Waals surface area contributed by atoms with E-state index in [0.29, 0.717) is 45.6 Å². The number of hydrogen-bond acceptors (Lipinski definition) is 8. The molecular weight excluding hydrogens is 432 g/mol. The van der Waals surface area contributed by atoms with E-state index in [-0.39, 0.29) is 45.1 Å². The molecule has 0 atom stereocenters. The zero-order valence-corrected chi connectivity index (χ0v) is 18.8. The van der Waals surface area contributed by atoms with Crippen molar-refractivity contribution in [1.82, 2.24) is 19.6 Å². The van der Waals surface area contributed by atoms with Crippen LogP contribution in [-0.4, -0.2) is 151 Å². The molecule has 1 amide bonds. The monoisotopic (exact) mass is 465 g/mol. The van der Waals surface area contributed by atoms with Crippen LogP contribution in [0.15, 0.2) is 0 Å². The van der Waals surface area contributed by atoms with Gasteiger partial charge < -0.3 is 10.2 Å². The molecule has 0 aromatic heterocycles. The number of aliphatic carboxylic acids is 3. The molecule has 0 aromatic carbocycles. The minimum atomic E-state index is -1.04. The van der Waals surface area contributed by atoms with Crippen LogP contribution in [0.5, 0.6) is 0 Å². The third-order valence-corrected chi connectivity index (χ3v) is 4.71. The van der Waals surface area contributed by atoms with Crippen molar-refractivity contribution in [2.45, 2.75) is 19.3 Å². The summed E-state index contributed by atoms with van der Waals surface area (Å²) in [4.78, 5) is 51.3. The predicted molar refractivity (Wildman–Crippen MR) is 126 cm³/mol. The van der Waals surface area contributed by atoms with Gasteiger partial charge in [-0.2, -0.15) is 0 Å². The Kier molecular flexibility index (Phi) is 16.7. The van der Waals surface area contributed by atoms with Crippen molar-refractivity contribution in [2.24, 2.45) is 5.73 Å². The fourth-order valence-electron chi connectivity index (χ4n) is 3.04. The number of rotatable bonds is 21. The zero-order chi connectivity index (χ0) is 25.2. The number of carboxylic acid groups (broad SMARTS) is 3. The van der Waals surface area contributed by atoms with Gasteiger partial charge in [-0.25, -0.2) is 0 Å². The van der Waals surface area contributed by atoms with Gasteiger partial charge in [-0.15, -0.1) is 0 Å². The molecule has 0 heterocycles. The Hall–Kier alpha value is -2.41. The second-order valence-corrected chi connectivity index (χ2v) is 7.35. The first-order valence-corrected chi connectivity index (χ1v) is 10.6. The van der Waals surface area contributed by atoms with Gasteiger partial charge in [0.05, 0.1) is 0 Å². The fraction of sp³-hybridized carbons (Fsp3) is 0.684. The molecule has 12 nitrogen and oxygen atoms in total. The maximum absolute atomic E-state index is 12.2. The number of nitrogens with two attached hydrogens (primary N) is 1. The van der Waals surface area contributed by atoms with E-state index in [9.17, 15) is 24.3 Å². The van der Waals surface area contributed by atoms with Gasteiger partial charge in [0, 0.05) is 6.42 Å². The molecule has 33 heavy (non-hydrogen) atoms. The first-order chi connectivity index (χ1) is 15.6. The molecule has 0 aromatic rings. The third-order valence-electron chi connectivity index (χ3n) is 4.71. The SMILES string of the molecule is [B]=CN(C=[B])C(=O)CN(CCN)CCN(CCN(CCCCC(=O)O)CC(=O)O)CC(=O)O. The van der Waals surface area contributed by atoms with Crippen LogP contribution in [0, 0.1) is 0 Å². The van der Waals surface area contributed by atoms with Crippen molar-refractivity contribution in [3.8, 4) is 0 Å². The van der Waals surface area contributed by atoms with E-state index in [0.717, 1.165) is 17.1 Å². The van der Waals surface area contributed by atoms with Crippen molar-refractivity contribution >= 4 is 51.0 Å². The summed E-state index contributed by atoms with van der Waals surface area (Å²) in [6.07, 6.45) is 3.00. The molecule has 2 radical (unpaired) electrons. The van der Waals surface area contributed by atoms with Crippen molar-refractivity contribution in [3.63, 3.8) is 0 Å². The van der Waals surface area contributed by atoms with Gasteiger partial charge >= 0.3 is 156 Å². The molecule has 0 unspecified atom stereocenters. The Labute approximate surface area is 196 Å². The molecule has 0 aliphatic carbocycles. The van der Waals surface area contributed by atoms with Gasteiger partial charge in [0.15, 0.2) is 0 Å². The van der Waals surface area contributed by atoms with E-state index in [1.165, 1.54) is 0 Å². The van der Waals surface area contributed by atoms with Gasteiger partial charge in [0.2, 0.25) is 0 Å². The standard InChI is InChI=1S/C19H33B2N5O7/c20-14-26(15-21)16(27)11-24(6-4-22)8-10-25(13-19(32)33)9-7-23(12-18(30)31)5-2-1-3-17(28)29/h14-15H,1-13,22H2,(H,28,29)(H,30,31)(H,32,33). The summed E-state index contributed by atoms with van der Waals surface area (Å²) in [5, 5.41) is 27.1. The van der Waals surface area contributed by atoms with Gasteiger partial charge in [0.1, 0.15) is 0 Å². The average molecular weight is 465 g/mol. The summed E-state index contributed by atoms with van der Waals surface area (Å²) < 4.78 is 0. The van der Waals surface area contributed by atoms with Gasteiger partial charge in [-0.1, -0.05) is 0 Å². The Balaban J connectivity index is 4.94. The van der Waals surface area contributed by atoms with E-state index in [2.05, 4.69) is 0 Å². The van der Waals surface area contributed by atoms with Gasteiger partial charge in [-0.05, 0) is 12.8 Å². The first kappa shape index (κ1) is 30.6. The molecule has 0 fully saturated rings. The number of carbonyl (C=O) groups excluding carboxylic acids is 1. The average Bonchev–Trinajstić information content (AvgIpc) is 2.72. The normalized spacial score (nSPS) is 11.0. The van der Waals surface area contributed by atoms with E-state index >= 15 is 0 Å². The van der Waals surface area contributed by atoms with Crippen LogP contribution in [0.1, 0.15) is 19.3 Å². The Morgan fingerprint density at radius 3 is 1.52 bits per heavy atom. The number of amides is 1. The van der Waals surface area contributed by atoms with Gasteiger partial charge in [-0.3, -0.25) is 9.59 Å². The third kappa shape index (κ3) is 15.9. The zero-order valence-electron chi connectivity index (χ0n) is 18.8. The van der Waals surface area contributed by atoms with Crippen molar-refractivity contribution < 1.29 is 34.5 Å². The van der Waals surface area contributed by atoms with Crippen LogP contribution >= 0.6 is 0 Å². The molecule has 0 aliphatic rings. The van der Waals surface area contributed by atoms with Gasteiger partial charge in [0.25, 0.3) is 0 Å². The number of nitrogens with zero attached hydrogens (tertiary/aromatic N) is 4. The van der Waals surface area contributed by atoms with E-state index in [1.54, 1.807) is 14.7 Å². The number of unbranched alkanes of at least 4 members (excludes halogenated alkanes) is 1. The van der Waals surface area contributed by atoms with Crippen molar-refractivity contribution in [1.29, 1.82) is 0 Å². The van der Waals surface area contributed by atoms with Crippen molar-refractivity contribution in [3.05, 3.63) is 0 Å². The second-order valence-electron chi connectivity index (χ2n) is 7.35. The molecule has 14 heteroatoms. The van der Waals surface area contributed by atoms with Crippen LogP contribution in [-0.2, 0) is 19.2 Å². The Morgan fingerprint density at radius 1 is 0.667 bits per heavy atom. The molecule has 0 spiro atoms. The summed E-state index contributed by atoms with van der Waals surface area (Å²) >= 11 is 0. The molecule has 5 N–H and O–H groups in total. The van der Waals surface area contributed by atoms with E-state index in [4.69, 9.17) is 30.9 Å². The number of hydrogen-bond donors (Lipinski definition) is 4. The van der Waals surface area contributed by atoms with E-state index in [1.807, 2.05) is 0 Å². The second kappa shape index (κ2) is 18.1. The summed E-state index contributed by atoms with van der Waals surface area (Å²) in [5.41, 5.74) is 5.62. The van der Waals surface area contributed by atoms with E-state index < -0.39 is 17.9 Å². The molecule has 0 bridgehead atoms. The van der Waals surface area contributed by atoms with Crippen LogP contribution in [0.4, 0.5) is 0 Å². The summed E-state index contributed by atoms with van der Waals surface area (Å²) in [7, 11) is 10.7. The fourth-order valence-corrected chi connectivity index (χ4v) is 3.04.